The summed E-state index contributed by atoms with van der Waals surface area (Å²) in [6.45, 7) is 4.54. The molecule has 0 spiro atoms. The second-order valence-corrected chi connectivity index (χ2v) is 3.27. The molecule has 1 atom stereocenters. The van der Waals surface area contributed by atoms with Crippen LogP contribution in [0.5, 0.6) is 0 Å². The van der Waals surface area contributed by atoms with Gasteiger partial charge in [0.2, 0.25) is 0 Å². The molecule has 1 unspecified atom stereocenters. The summed E-state index contributed by atoms with van der Waals surface area (Å²) in [4.78, 5) is 11.3. The van der Waals surface area contributed by atoms with E-state index in [1.807, 2.05) is 13.8 Å². The second kappa shape index (κ2) is 7.90. The molecule has 2 amide bonds. The highest BCUT2D eigenvalue weighted by Gasteiger charge is 2.15. The van der Waals surface area contributed by atoms with E-state index in [9.17, 15) is 4.79 Å². The molecule has 0 aromatic heterocycles. The minimum Gasteiger partial charge on any atom is -0.409 e. The summed E-state index contributed by atoms with van der Waals surface area (Å²) in [6, 6.07) is -0.696. The molecule has 0 aromatic carbocycles. The van der Waals surface area contributed by atoms with Crippen LogP contribution in [0.15, 0.2) is 5.16 Å². The van der Waals surface area contributed by atoms with Gasteiger partial charge < -0.3 is 21.6 Å². The predicted octanol–water partition coefficient (Wildman–Crippen LogP) is 0.611. The van der Waals surface area contributed by atoms with Gasteiger partial charge in [-0.3, -0.25) is 0 Å². The lowest BCUT2D eigenvalue weighted by Gasteiger charge is -2.16. The molecule has 0 aliphatic carbocycles. The van der Waals surface area contributed by atoms with Crippen molar-refractivity contribution in [2.75, 3.05) is 6.54 Å². The van der Waals surface area contributed by atoms with E-state index in [-0.39, 0.29) is 11.9 Å². The molecule has 0 aromatic rings. The highest BCUT2D eigenvalue weighted by atomic mass is 16.4. The third kappa shape index (κ3) is 5.77. The van der Waals surface area contributed by atoms with Gasteiger partial charge in [0.05, 0.1) is 6.04 Å². The van der Waals surface area contributed by atoms with Crippen LogP contribution in [-0.2, 0) is 0 Å². The number of hydrogen-bond acceptors (Lipinski definition) is 3. The zero-order valence-electron chi connectivity index (χ0n) is 9.29. The van der Waals surface area contributed by atoms with E-state index in [1.165, 1.54) is 0 Å². The first-order chi connectivity index (χ1) is 7.15. The Kier molecular flexibility index (Phi) is 7.13. The molecular formula is C9H20N4O2. The van der Waals surface area contributed by atoms with Crippen LogP contribution < -0.4 is 16.4 Å². The fourth-order valence-electron chi connectivity index (χ4n) is 1.10. The summed E-state index contributed by atoms with van der Waals surface area (Å²) < 4.78 is 0. The lowest BCUT2D eigenvalue weighted by Crippen LogP contribution is -2.48. The van der Waals surface area contributed by atoms with Crippen molar-refractivity contribution in [3.05, 3.63) is 0 Å². The SMILES string of the molecule is CCCNC(=O)NC(CCC)/C(N)=N/O. The Morgan fingerprint density at radius 2 is 2.13 bits per heavy atom. The van der Waals surface area contributed by atoms with Gasteiger partial charge in [0.1, 0.15) is 0 Å². The van der Waals surface area contributed by atoms with Crippen molar-refractivity contribution in [1.82, 2.24) is 10.6 Å². The van der Waals surface area contributed by atoms with E-state index >= 15 is 0 Å². The summed E-state index contributed by atoms with van der Waals surface area (Å²) in [5, 5.41) is 16.7. The van der Waals surface area contributed by atoms with Crippen LogP contribution in [0.3, 0.4) is 0 Å². The first-order valence-corrected chi connectivity index (χ1v) is 5.17. The van der Waals surface area contributed by atoms with E-state index < -0.39 is 6.04 Å². The first-order valence-electron chi connectivity index (χ1n) is 5.17. The smallest absolute Gasteiger partial charge is 0.315 e. The summed E-state index contributed by atoms with van der Waals surface area (Å²) in [7, 11) is 0. The number of amides is 2. The number of nitrogens with one attached hydrogen (secondary N) is 2. The quantitative estimate of drug-likeness (QED) is 0.226. The lowest BCUT2D eigenvalue weighted by atomic mass is 10.1. The highest BCUT2D eigenvalue weighted by Crippen LogP contribution is 1.96. The predicted molar refractivity (Wildman–Crippen MR) is 58.9 cm³/mol. The Hall–Kier alpha value is -1.46. The van der Waals surface area contributed by atoms with E-state index in [2.05, 4.69) is 15.8 Å². The minimum absolute atomic E-state index is 0.0310. The van der Waals surface area contributed by atoms with Crippen molar-refractivity contribution in [3.63, 3.8) is 0 Å². The zero-order valence-corrected chi connectivity index (χ0v) is 9.29. The van der Waals surface area contributed by atoms with Crippen LogP contribution >= 0.6 is 0 Å². The normalized spacial score (nSPS) is 13.3. The van der Waals surface area contributed by atoms with Gasteiger partial charge in [0, 0.05) is 6.54 Å². The molecule has 0 radical (unpaired) electrons. The second-order valence-electron chi connectivity index (χ2n) is 3.27. The molecule has 0 rings (SSSR count). The van der Waals surface area contributed by atoms with E-state index in [4.69, 9.17) is 10.9 Å². The highest BCUT2D eigenvalue weighted by molar-refractivity contribution is 5.89. The molecule has 0 saturated carbocycles. The summed E-state index contributed by atoms with van der Waals surface area (Å²) in [5.41, 5.74) is 5.44. The number of hydrogen-bond donors (Lipinski definition) is 4. The van der Waals surface area contributed by atoms with Crippen LogP contribution in [0.25, 0.3) is 0 Å². The Morgan fingerprint density at radius 1 is 1.47 bits per heavy atom. The molecule has 5 N–H and O–H groups in total. The largest absolute Gasteiger partial charge is 0.409 e. The molecule has 6 nitrogen and oxygen atoms in total. The summed E-state index contributed by atoms with van der Waals surface area (Å²) in [5.74, 6) is 0.0310. The Labute approximate surface area is 89.9 Å². The number of urea groups is 1. The van der Waals surface area contributed by atoms with Crippen molar-refractivity contribution in [2.24, 2.45) is 10.9 Å². The fraction of sp³-hybridized carbons (Fsp3) is 0.778. The fourth-order valence-corrected chi connectivity index (χ4v) is 1.10. The number of carbonyl (C=O) groups excluding carboxylic acids is 1. The molecule has 0 fully saturated rings. The third-order valence-electron chi connectivity index (χ3n) is 1.89. The van der Waals surface area contributed by atoms with Gasteiger partial charge in [-0.15, -0.1) is 0 Å². The molecule has 0 saturated heterocycles. The van der Waals surface area contributed by atoms with Crippen molar-refractivity contribution >= 4 is 11.9 Å². The number of oxime groups is 1. The number of nitrogens with two attached hydrogens (primary N) is 1. The molecule has 0 bridgehead atoms. The topological polar surface area (TPSA) is 99.7 Å². The molecule has 0 aliphatic heterocycles. The van der Waals surface area contributed by atoms with Gasteiger partial charge in [0.15, 0.2) is 5.84 Å². The standard InChI is InChI=1S/C9H20N4O2/c1-3-5-7(8(10)13-15)12-9(14)11-6-4-2/h7,15H,3-6H2,1-2H3,(H2,10,13)(H2,11,12,14). The molecule has 0 heterocycles. The summed E-state index contributed by atoms with van der Waals surface area (Å²) in [6.07, 6.45) is 2.36. The number of rotatable bonds is 6. The van der Waals surface area contributed by atoms with Crippen molar-refractivity contribution in [1.29, 1.82) is 0 Å². The zero-order chi connectivity index (χ0) is 11.7. The number of amidine groups is 1. The Bertz CT molecular complexity index is 218. The van der Waals surface area contributed by atoms with Crippen LogP contribution in [0.1, 0.15) is 33.1 Å². The van der Waals surface area contributed by atoms with Gasteiger partial charge in [-0.05, 0) is 12.8 Å². The Balaban J connectivity index is 4.10. The molecular weight excluding hydrogens is 196 g/mol. The van der Waals surface area contributed by atoms with Crippen molar-refractivity contribution in [3.8, 4) is 0 Å². The van der Waals surface area contributed by atoms with E-state index in [0.717, 1.165) is 12.8 Å². The van der Waals surface area contributed by atoms with E-state index in [1.54, 1.807) is 0 Å². The molecule has 88 valence electrons. The molecule has 15 heavy (non-hydrogen) atoms. The monoisotopic (exact) mass is 216 g/mol. The summed E-state index contributed by atoms with van der Waals surface area (Å²) >= 11 is 0. The number of nitrogens with zero attached hydrogens (tertiary/aromatic N) is 1. The first kappa shape index (κ1) is 13.5. The van der Waals surface area contributed by atoms with Gasteiger partial charge in [-0.25, -0.2) is 4.79 Å². The van der Waals surface area contributed by atoms with Gasteiger partial charge in [0.25, 0.3) is 0 Å². The van der Waals surface area contributed by atoms with Crippen LogP contribution in [0.4, 0.5) is 4.79 Å². The molecule has 0 aliphatic rings. The van der Waals surface area contributed by atoms with Crippen LogP contribution in [0.2, 0.25) is 0 Å². The maximum absolute atomic E-state index is 11.3. The minimum atomic E-state index is -0.406. The average Bonchev–Trinajstić information content (AvgIpc) is 2.24. The van der Waals surface area contributed by atoms with Gasteiger partial charge in [-0.1, -0.05) is 25.4 Å². The van der Waals surface area contributed by atoms with Gasteiger partial charge >= 0.3 is 6.03 Å². The van der Waals surface area contributed by atoms with E-state index in [0.29, 0.717) is 13.0 Å². The average molecular weight is 216 g/mol. The van der Waals surface area contributed by atoms with Crippen LogP contribution in [0, 0.1) is 0 Å². The maximum atomic E-state index is 11.3. The lowest BCUT2D eigenvalue weighted by molar-refractivity contribution is 0.238. The Morgan fingerprint density at radius 3 is 2.60 bits per heavy atom. The third-order valence-corrected chi connectivity index (χ3v) is 1.89. The maximum Gasteiger partial charge on any atom is 0.315 e. The van der Waals surface area contributed by atoms with Crippen molar-refractivity contribution in [2.45, 2.75) is 39.2 Å². The molecule has 6 heteroatoms. The van der Waals surface area contributed by atoms with Crippen LogP contribution in [-0.4, -0.2) is 29.7 Å². The van der Waals surface area contributed by atoms with Gasteiger partial charge in [-0.2, -0.15) is 0 Å². The van der Waals surface area contributed by atoms with Crippen molar-refractivity contribution < 1.29 is 10.0 Å². The number of carbonyl (C=O) groups is 1.